The van der Waals surface area contributed by atoms with Crippen molar-refractivity contribution in [3.05, 3.63) is 28.3 Å². The zero-order valence-corrected chi connectivity index (χ0v) is 12.7. The molecule has 1 fully saturated rings. The molecule has 19 heavy (non-hydrogen) atoms. The van der Waals surface area contributed by atoms with Gasteiger partial charge in [-0.1, -0.05) is 23.2 Å². The van der Waals surface area contributed by atoms with Crippen LogP contribution in [0.15, 0.2) is 12.1 Å². The predicted molar refractivity (Wildman–Crippen MR) is 77.3 cm³/mol. The van der Waals surface area contributed by atoms with Crippen LogP contribution in [-0.2, 0) is 9.31 Å². The Hall–Kier alpha value is -0.835. The van der Waals surface area contributed by atoms with Crippen LogP contribution in [0.3, 0.4) is 0 Å². The molecule has 1 aliphatic rings. The summed E-state index contributed by atoms with van der Waals surface area (Å²) >= 11 is 6.08. The van der Waals surface area contributed by atoms with Gasteiger partial charge >= 0.3 is 7.12 Å². The summed E-state index contributed by atoms with van der Waals surface area (Å²) < 4.78 is 12.0. The molecule has 5 heteroatoms. The molecule has 0 radical (unpaired) electrons. The van der Waals surface area contributed by atoms with Gasteiger partial charge in [0, 0.05) is 5.56 Å². The van der Waals surface area contributed by atoms with Crippen LogP contribution in [-0.4, -0.2) is 24.6 Å². The molecule has 0 aliphatic carbocycles. The molecular formula is C14H18BClO3. The maximum atomic E-state index is 11.3. The summed E-state index contributed by atoms with van der Waals surface area (Å²) in [5.74, 6) is 0. The lowest BCUT2D eigenvalue weighted by atomic mass is 9.73. The topological polar surface area (TPSA) is 35.5 Å². The molecule has 1 aliphatic heterocycles. The monoisotopic (exact) mass is 280 g/mol. The minimum absolute atomic E-state index is 0.422. The highest BCUT2D eigenvalue weighted by Crippen LogP contribution is 2.37. The molecule has 1 aromatic carbocycles. The Morgan fingerprint density at radius 2 is 1.68 bits per heavy atom. The van der Waals surface area contributed by atoms with Crippen molar-refractivity contribution in [2.75, 3.05) is 0 Å². The number of hydrogen-bond acceptors (Lipinski definition) is 3. The van der Waals surface area contributed by atoms with Crippen molar-refractivity contribution >= 4 is 30.5 Å². The summed E-state index contributed by atoms with van der Waals surface area (Å²) in [6.45, 7) is 9.84. The molecule has 0 bridgehead atoms. The van der Waals surface area contributed by atoms with Gasteiger partial charge in [0.25, 0.3) is 0 Å². The van der Waals surface area contributed by atoms with Crippen LogP contribution in [0.2, 0.25) is 5.02 Å². The van der Waals surface area contributed by atoms with E-state index >= 15 is 0 Å². The zero-order valence-electron chi connectivity index (χ0n) is 11.9. The first-order valence-electron chi connectivity index (χ1n) is 6.29. The average molecular weight is 281 g/mol. The first-order valence-corrected chi connectivity index (χ1v) is 6.67. The molecular weight excluding hydrogens is 262 g/mol. The molecule has 0 amide bonds. The van der Waals surface area contributed by atoms with Crippen molar-refractivity contribution < 1.29 is 14.1 Å². The Balaban J connectivity index is 2.51. The highest BCUT2D eigenvalue weighted by molar-refractivity contribution is 6.64. The first-order chi connectivity index (χ1) is 8.69. The van der Waals surface area contributed by atoms with E-state index in [1.54, 1.807) is 6.07 Å². The second-order valence-corrected chi connectivity index (χ2v) is 6.30. The number of aryl methyl sites for hydroxylation is 1. The lowest BCUT2D eigenvalue weighted by Gasteiger charge is -2.32. The molecule has 0 atom stereocenters. The standard InChI is InChI=1S/C14H18BClO3/c1-9-6-7-11(16)10(8-17)12(9)15-18-13(2,3)14(4,5)19-15/h6-8H,1-5H3. The van der Waals surface area contributed by atoms with Crippen molar-refractivity contribution in [3.63, 3.8) is 0 Å². The quantitative estimate of drug-likeness (QED) is 0.617. The van der Waals surface area contributed by atoms with E-state index in [1.807, 2.05) is 40.7 Å². The molecule has 102 valence electrons. The lowest BCUT2D eigenvalue weighted by molar-refractivity contribution is 0.00578. The van der Waals surface area contributed by atoms with Gasteiger partial charge in [0.15, 0.2) is 6.29 Å². The van der Waals surface area contributed by atoms with E-state index < -0.39 is 18.3 Å². The van der Waals surface area contributed by atoms with E-state index in [9.17, 15) is 4.79 Å². The number of halogens is 1. The SMILES string of the molecule is Cc1ccc(Cl)c(C=O)c1B1OC(C)(C)C(C)(C)O1. The van der Waals surface area contributed by atoms with E-state index in [1.165, 1.54) is 0 Å². The molecule has 0 unspecified atom stereocenters. The Morgan fingerprint density at radius 3 is 2.16 bits per heavy atom. The van der Waals surface area contributed by atoms with Gasteiger partial charge in [-0.15, -0.1) is 0 Å². The third-order valence-corrected chi connectivity index (χ3v) is 4.39. The maximum absolute atomic E-state index is 11.3. The molecule has 1 aromatic rings. The van der Waals surface area contributed by atoms with Crippen LogP contribution in [0.5, 0.6) is 0 Å². The third kappa shape index (κ3) is 2.33. The number of carbonyl (C=O) groups is 1. The zero-order chi connectivity index (χ0) is 14.4. The first kappa shape index (κ1) is 14.6. The van der Waals surface area contributed by atoms with Crippen LogP contribution in [0.25, 0.3) is 0 Å². The number of aldehydes is 1. The number of rotatable bonds is 2. The summed E-state index contributed by atoms with van der Waals surface area (Å²) in [4.78, 5) is 11.3. The Kier molecular flexibility index (Phi) is 3.54. The van der Waals surface area contributed by atoms with Gasteiger partial charge in [0.2, 0.25) is 0 Å². The van der Waals surface area contributed by atoms with E-state index in [0.29, 0.717) is 10.6 Å². The van der Waals surface area contributed by atoms with Gasteiger partial charge in [-0.05, 0) is 46.1 Å². The third-order valence-electron chi connectivity index (χ3n) is 4.06. The maximum Gasteiger partial charge on any atom is 0.495 e. The van der Waals surface area contributed by atoms with Crippen LogP contribution in [0.4, 0.5) is 0 Å². The average Bonchev–Trinajstić information content (AvgIpc) is 2.50. The van der Waals surface area contributed by atoms with Gasteiger partial charge in [-0.25, -0.2) is 0 Å². The van der Waals surface area contributed by atoms with Crippen molar-refractivity contribution in [2.45, 2.75) is 45.8 Å². The number of hydrogen-bond donors (Lipinski definition) is 0. The van der Waals surface area contributed by atoms with E-state index in [-0.39, 0.29) is 0 Å². The minimum atomic E-state index is -0.566. The molecule has 0 N–H and O–H groups in total. The fourth-order valence-corrected chi connectivity index (χ4v) is 2.32. The predicted octanol–water partition coefficient (Wildman–Crippen LogP) is 2.76. The molecule has 2 rings (SSSR count). The van der Waals surface area contributed by atoms with Gasteiger partial charge in [-0.2, -0.15) is 0 Å². The molecule has 0 saturated carbocycles. The van der Waals surface area contributed by atoms with Crippen LogP contribution >= 0.6 is 11.6 Å². The smallest absolute Gasteiger partial charge is 0.399 e. The fourth-order valence-electron chi connectivity index (χ4n) is 2.11. The van der Waals surface area contributed by atoms with Gasteiger partial charge in [0.1, 0.15) is 0 Å². The van der Waals surface area contributed by atoms with Crippen molar-refractivity contribution in [3.8, 4) is 0 Å². The van der Waals surface area contributed by atoms with Gasteiger partial charge in [0.05, 0.1) is 16.2 Å². The van der Waals surface area contributed by atoms with E-state index in [2.05, 4.69) is 0 Å². The highest BCUT2D eigenvalue weighted by atomic mass is 35.5. The van der Waals surface area contributed by atoms with E-state index in [0.717, 1.165) is 17.3 Å². The van der Waals surface area contributed by atoms with Gasteiger partial charge in [-0.3, -0.25) is 4.79 Å². The Morgan fingerprint density at radius 1 is 1.16 bits per heavy atom. The summed E-state index contributed by atoms with van der Waals surface area (Å²) in [5, 5.41) is 0.422. The summed E-state index contributed by atoms with van der Waals surface area (Å²) in [7, 11) is -0.566. The second kappa shape index (κ2) is 4.62. The number of carbonyl (C=O) groups excluding carboxylic acids is 1. The molecule has 3 nitrogen and oxygen atoms in total. The van der Waals surface area contributed by atoms with Gasteiger partial charge < -0.3 is 9.31 Å². The van der Waals surface area contributed by atoms with E-state index in [4.69, 9.17) is 20.9 Å². The van der Waals surface area contributed by atoms with Crippen LogP contribution in [0, 0.1) is 6.92 Å². The van der Waals surface area contributed by atoms with Crippen molar-refractivity contribution in [2.24, 2.45) is 0 Å². The summed E-state index contributed by atoms with van der Waals surface area (Å²) in [6, 6.07) is 3.59. The largest absolute Gasteiger partial charge is 0.495 e. The minimum Gasteiger partial charge on any atom is -0.399 e. The summed E-state index contributed by atoms with van der Waals surface area (Å²) in [5.41, 5.74) is 1.23. The Bertz CT molecular complexity index is 510. The van der Waals surface area contributed by atoms with Crippen LogP contribution < -0.4 is 5.46 Å². The summed E-state index contributed by atoms with van der Waals surface area (Å²) in [6.07, 6.45) is 0.760. The number of benzene rings is 1. The van der Waals surface area contributed by atoms with Crippen molar-refractivity contribution in [1.29, 1.82) is 0 Å². The molecule has 0 spiro atoms. The van der Waals surface area contributed by atoms with Crippen molar-refractivity contribution in [1.82, 2.24) is 0 Å². The molecule has 0 aromatic heterocycles. The normalized spacial score (nSPS) is 20.6. The van der Waals surface area contributed by atoms with Crippen LogP contribution in [0.1, 0.15) is 43.6 Å². The fraction of sp³-hybridized carbons (Fsp3) is 0.500. The second-order valence-electron chi connectivity index (χ2n) is 5.90. The highest BCUT2D eigenvalue weighted by Gasteiger charge is 2.52. The molecule has 1 heterocycles. The lowest BCUT2D eigenvalue weighted by Crippen LogP contribution is -2.41. The molecule has 1 saturated heterocycles. The Labute approximate surface area is 119 Å².